The highest BCUT2D eigenvalue weighted by molar-refractivity contribution is 7.98. The quantitative estimate of drug-likeness (QED) is 0.859. The Morgan fingerprint density at radius 2 is 2.19 bits per heavy atom. The van der Waals surface area contributed by atoms with E-state index in [2.05, 4.69) is 11.6 Å². The maximum absolute atomic E-state index is 12.1. The number of benzene rings is 1. The van der Waals surface area contributed by atoms with Gasteiger partial charge in [-0.2, -0.15) is 11.8 Å². The molecule has 3 nitrogen and oxygen atoms in total. The van der Waals surface area contributed by atoms with E-state index >= 15 is 0 Å². The van der Waals surface area contributed by atoms with Gasteiger partial charge in [0.05, 0.1) is 6.67 Å². The van der Waals surface area contributed by atoms with Gasteiger partial charge >= 0.3 is 0 Å². The Hall–Kier alpha value is -1.00. The van der Waals surface area contributed by atoms with Crippen molar-refractivity contribution in [1.29, 1.82) is 0 Å². The second kappa shape index (κ2) is 5.37. The first-order valence-corrected chi connectivity index (χ1v) is 6.78. The van der Waals surface area contributed by atoms with Crippen LogP contribution in [0.1, 0.15) is 11.6 Å². The van der Waals surface area contributed by atoms with Gasteiger partial charge in [-0.15, -0.1) is 0 Å². The van der Waals surface area contributed by atoms with Gasteiger partial charge in [-0.25, -0.2) is 0 Å². The Morgan fingerprint density at radius 3 is 2.88 bits per heavy atom. The zero-order valence-electron chi connectivity index (χ0n) is 9.35. The molecule has 1 atom stereocenters. The van der Waals surface area contributed by atoms with E-state index in [1.165, 1.54) is 0 Å². The number of amides is 1. The van der Waals surface area contributed by atoms with Crippen molar-refractivity contribution in [2.24, 2.45) is 0 Å². The minimum Gasteiger partial charge on any atom is -0.327 e. The van der Waals surface area contributed by atoms with Crippen LogP contribution >= 0.6 is 11.8 Å². The lowest BCUT2D eigenvalue weighted by molar-refractivity contribution is -0.128. The predicted octanol–water partition coefficient (Wildman–Crippen LogP) is 1.48. The Bertz CT molecular complexity index is 355. The molecule has 1 aliphatic rings. The molecule has 86 valence electrons. The molecule has 0 aliphatic carbocycles. The molecule has 2 rings (SSSR count). The van der Waals surface area contributed by atoms with Crippen LogP contribution in [0.15, 0.2) is 30.3 Å². The van der Waals surface area contributed by atoms with Gasteiger partial charge in [0, 0.05) is 12.3 Å². The molecule has 1 amide bonds. The van der Waals surface area contributed by atoms with Gasteiger partial charge in [-0.05, 0) is 11.8 Å². The minimum atomic E-state index is -0.150. The maximum Gasteiger partial charge on any atom is 0.245 e. The first-order chi connectivity index (χ1) is 7.83. The molecule has 1 N–H and O–H groups in total. The molecule has 4 heteroatoms. The SMILES string of the molecule is CSCCN1CNC(c2ccccc2)C1=O. The van der Waals surface area contributed by atoms with Crippen LogP contribution in [0.3, 0.4) is 0 Å². The van der Waals surface area contributed by atoms with Crippen LogP contribution in [0.25, 0.3) is 0 Å². The second-order valence-electron chi connectivity index (χ2n) is 3.80. The minimum absolute atomic E-state index is 0.150. The molecule has 0 radical (unpaired) electrons. The summed E-state index contributed by atoms with van der Waals surface area (Å²) in [6, 6.07) is 9.74. The number of nitrogens with zero attached hydrogens (tertiary/aromatic N) is 1. The molecule has 1 aromatic rings. The van der Waals surface area contributed by atoms with Gasteiger partial charge in [0.1, 0.15) is 6.04 Å². The summed E-state index contributed by atoms with van der Waals surface area (Å²) in [7, 11) is 0. The number of carbonyl (C=O) groups is 1. The number of rotatable bonds is 4. The van der Waals surface area contributed by atoms with E-state index in [-0.39, 0.29) is 11.9 Å². The smallest absolute Gasteiger partial charge is 0.245 e. The van der Waals surface area contributed by atoms with Crippen molar-refractivity contribution in [3.05, 3.63) is 35.9 Å². The summed E-state index contributed by atoms with van der Waals surface area (Å²) in [4.78, 5) is 13.9. The van der Waals surface area contributed by atoms with Crippen LogP contribution in [0.2, 0.25) is 0 Å². The fourth-order valence-corrected chi connectivity index (χ4v) is 2.25. The first kappa shape index (κ1) is 11.5. The standard InChI is InChI=1S/C12H16N2OS/c1-16-8-7-14-9-13-11(12(14)15)10-5-3-2-4-6-10/h2-6,11,13H,7-9H2,1H3. The van der Waals surface area contributed by atoms with E-state index in [4.69, 9.17) is 0 Å². The predicted molar refractivity (Wildman–Crippen MR) is 67.3 cm³/mol. The molecule has 1 unspecified atom stereocenters. The number of hydrogen-bond donors (Lipinski definition) is 1. The number of hydrogen-bond acceptors (Lipinski definition) is 3. The van der Waals surface area contributed by atoms with E-state index in [0.717, 1.165) is 17.9 Å². The van der Waals surface area contributed by atoms with Crippen molar-refractivity contribution < 1.29 is 4.79 Å². The van der Waals surface area contributed by atoms with Crippen molar-refractivity contribution in [2.45, 2.75) is 6.04 Å². The summed E-state index contributed by atoms with van der Waals surface area (Å²) < 4.78 is 0. The Kier molecular flexibility index (Phi) is 3.85. The van der Waals surface area contributed by atoms with Crippen molar-refractivity contribution in [2.75, 3.05) is 25.2 Å². The summed E-state index contributed by atoms with van der Waals surface area (Å²) in [5.74, 6) is 1.19. The van der Waals surface area contributed by atoms with Gasteiger partial charge in [-0.1, -0.05) is 30.3 Å². The normalized spacial score (nSPS) is 20.4. The van der Waals surface area contributed by atoms with Crippen LogP contribution in [0.4, 0.5) is 0 Å². The Balaban J connectivity index is 2.02. The molecule has 0 aromatic heterocycles. The molecule has 0 bridgehead atoms. The van der Waals surface area contributed by atoms with Crippen molar-refractivity contribution in [3.8, 4) is 0 Å². The lowest BCUT2D eigenvalue weighted by atomic mass is 10.1. The van der Waals surface area contributed by atoms with Gasteiger partial charge in [0.25, 0.3) is 0 Å². The number of carbonyl (C=O) groups excluding carboxylic acids is 1. The molecule has 16 heavy (non-hydrogen) atoms. The summed E-state index contributed by atoms with van der Waals surface area (Å²) >= 11 is 1.77. The Morgan fingerprint density at radius 1 is 1.44 bits per heavy atom. The molecule has 1 fully saturated rings. The first-order valence-electron chi connectivity index (χ1n) is 5.39. The lowest BCUT2D eigenvalue weighted by Crippen LogP contribution is -2.29. The maximum atomic E-state index is 12.1. The van der Waals surface area contributed by atoms with Crippen molar-refractivity contribution >= 4 is 17.7 Å². The van der Waals surface area contributed by atoms with E-state index in [1.54, 1.807) is 11.8 Å². The van der Waals surface area contributed by atoms with Gasteiger partial charge < -0.3 is 4.90 Å². The third kappa shape index (κ3) is 2.39. The van der Waals surface area contributed by atoms with Crippen LogP contribution in [-0.2, 0) is 4.79 Å². The number of thioether (sulfide) groups is 1. The van der Waals surface area contributed by atoms with Gasteiger partial charge in [-0.3, -0.25) is 10.1 Å². The zero-order valence-corrected chi connectivity index (χ0v) is 10.2. The molecular formula is C12H16N2OS. The van der Waals surface area contributed by atoms with E-state index in [1.807, 2.05) is 35.2 Å². The molecule has 1 saturated heterocycles. The third-order valence-corrected chi connectivity index (χ3v) is 3.33. The third-order valence-electron chi connectivity index (χ3n) is 2.74. The fourth-order valence-electron chi connectivity index (χ4n) is 1.85. The van der Waals surface area contributed by atoms with Crippen molar-refractivity contribution in [1.82, 2.24) is 10.2 Å². The molecular weight excluding hydrogens is 220 g/mol. The van der Waals surface area contributed by atoms with Crippen LogP contribution in [-0.4, -0.2) is 36.0 Å². The van der Waals surface area contributed by atoms with Gasteiger partial charge in [0.2, 0.25) is 5.91 Å². The summed E-state index contributed by atoms with van der Waals surface area (Å²) in [5.41, 5.74) is 1.05. The largest absolute Gasteiger partial charge is 0.327 e. The summed E-state index contributed by atoms with van der Waals surface area (Å²) in [6.07, 6.45) is 2.06. The second-order valence-corrected chi connectivity index (χ2v) is 4.79. The highest BCUT2D eigenvalue weighted by atomic mass is 32.2. The summed E-state index contributed by atoms with van der Waals surface area (Å²) in [5, 5.41) is 3.25. The average molecular weight is 236 g/mol. The molecule has 1 heterocycles. The summed E-state index contributed by atoms with van der Waals surface area (Å²) in [6.45, 7) is 1.50. The van der Waals surface area contributed by atoms with Crippen LogP contribution < -0.4 is 5.32 Å². The number of nitrogens with one attached hydrogen (secondary N) is 1. The fraction of sp³-hybridized carbons (Fsp3) is 0.417. The van der Waals surface area contributed by atoms with Crippen molar-refractivity contribution in [3.63, 3.8) is 0 Å². The highest BCUT2D eigenvalue weighted by Crippen LogP contribution is 2.20. The average Bonchev–Trinajstić information content (AvgIpc) is 2.69. The lowest BCUT2D eigenvalue weighted by Gasteiger charge is -2.14. The molecule has 1 aliphatic heterocycles. The van der Waals surface area contributed by atoms with Crippen LogP contribution in [0.5, 0.6) is 0 Å². The van der Waals surface area contributed by atoms with Gasteiger partial charge in [0.15, 0.2) is 0 Å². The topological polar surface area (TPSA) is 32.3 Å². The van der Waals surface area contributed by atoms with E-state index in [0.29, 0.717) is 6.67 Å². The monoisotopic (exact) mass is 236 g/mol. The van der Waals surface area contributed by atoms with E-state index < -0.39 is 0 Å². The zero-order chi connectivity index (χ0) is 11.4. The van der Waals surface area contributed by atoms with E-state index in [9.17, 15) is 4.79 Å². The molecule has 1 aromatic carbocycles. The Labute approximate surface area is 100 Å². The molecule has 0 spiro atoms. The van der Waals surface area contributed by atoms with Crippen LogP contribution in [0, 0.1) is 0 Å². The molecule has 0 saturated carbocycles. The highest BCUT2D eigenvalue weighted by Gasteiger charge is 2.31.